The van der Waals surface area contributed by atoms with E-state index in [2.05, 4.69) is 22.0 Å². The number of nitrogens with one attached hydrogen (secondary N) is 3. The van der Waals surface area contributed by atoms with Crippen LogP contribution in [0.5, 0.6) is 5.75 Å². The third kappa shape index (κ3) is 6.73. The molecule has 1 unspecified atom stereocenters. The van der Waals surface area contributed by atoms with Crippen molar-refractivity contribution in [2.45, 2.75) is 30.9 Å². The number of hydrogen-bond acceptors (Lipinski definition) is 4. The highest BCUT2D eigenvalue weighted by Gasteiger charge is 2.15. The molecule has 0 fully saturated rings. The first-order valence-corrected chi connectivity index (χ1v) is 11.5. The van der Waals surface area contributed by atoms with Crippen LogP contribution >= 0.6 is 24.0 Å². The largest absolute Gasteiger partial charge is 0.495 e. The second-order valence-corrected chi connectivity index (χ2v) is 9.26. The summed E-state index contributed by atoms with van der Waals surface area (Å²) in [6.45, 7) is 5.94. The summed E-state index contributed by atoms with van der Waals surface area (Å²) in [6, 6.07) is 21.4. The number of rotatable bonds is 7. The lowest BCUT2D eigenvalue weighted by Gasteiger charge is -2.15. The van der Waals surface area contributed by atoms with Gasteiger partial charge in [-0.25, -0.2) is 0 Å². The molecule has 7 heteroatoms. The van der Waals surface area contributed by atoms with E-state index in [0.29, 0.717) is 10.9 Å². The van der Waals surface area contributed by atoms with Crippen LogP contribution in [0.25, 0.3) is 0 Å². The monoisotopic (exact) mass is 465 g/mol. The highest BCUT2D eigenvalue weighted by molar-refractivity contribution is 8.00. The second-order valence-electron chi connectivity index (χ2n) is 7.43. The number of methoxy groups -OCH3 is 1. The summed E-state index contributed by atoms with van der Waals surface area (Å²) in [5.41, 5.74) is 4.69. The number of amides is 1. The summed E-state index contributed by atoms with van der Waals surface area (Å²) >= 11 is 6.94. The second kappa shape index (κ2) is 11.0. The van der Waals surface area contributed by atoms with Gasteiger partial charge in [-0.2, -0.15) is 0 Å². The first-order chi connectivity index (χ1) is 15.3. The van der Waals surface area contributed by atoms with E-state index in [-0.39, 0.29) is 11.2 Å². The zero-order valence-corrected chi connectivity index (χ0v) is 20.2. The zero-order chi connectivity index (χ0) is 23.1. The number of thiocarbonyl (C=S) groups is 1. The Morgan fingerprint density at radius 2 is 1.62 bits per heavy atom. The number of para-hydroxylation sites is 2. The molecule has 1 atom stereocenters. The molecule has 0 aromatic heterocycles. The number of anilines is 3. The molecule has 0 saturated heterocycles. The lowest BCUT2D eigenvalue weighted by Crippen LogP contribution is -2.22. The van der Waals surface area contributed by atoms with Gasteiger partial charge in [0.25, 0.3) is 0 Å². The van der Waals surface area contributed by atoms with Gasteiger partial charge in [0.2, 0.25) is 5.91 Å². The van der Waals surface area contributed by atoms with E-state index in [9.17, 15) is 4.79 Å². The van der Waals surface area contributed by atoms with Gasteiger partial charge in [-0.05, 0) is 86.6 Å². The van der Waals surface area contributed by atoms with Crippen molar-refractivity contribution in [1.29, 1.82) is 0 Å². The van der Waals surface area contributed by atoms with Crippen LogP contribution in [0.4, 0.5) is 17.1 Å². The number of aryl methyl sites for hydroxylation is 2. The number of ether oxygens (including phenoxy) is 1. The summed E-state index contributed by atoms with van der Waals surface area (Å²) in [7, 11) is 1.62. The molecule has 32 heavy (non-hydrogen) atoms. The summed E-state index contributed by atoms with van der Waals surface area (Å²) < 4.78 is 5.35. The molecular weight excluding hydrogens is 438 g/mol. The molecule has 166 valence electrons. The Labute approximate surface area is 199 Å². The van der Waals surface area contributed by atoms with E-state index in [1.807, 2.05) is 81.4 Å². The van der Waals surface area contributed by atoms with Crippen LogP contribution < -0.4 is 20.7 Å². The van der Waals surface area contributed by atoms with Crippen LogP contribution in [0, 0.1) is 13.8 Å². The molecule has 3 rings (SSSR count). The molecule has 5 nitrogen and oxygen atoms in total. The van der Waals surface area contributed by atoms with Crippen LogP contribution in [-0.4, -0.2) is 23.4 Å². The van der Waals surface area contributed by atoms with E-state index in [0.717, 1.165) is 33.1 Å². The average Bonchev–Trinajstić information content (AvgIpc) is 2.73. The average molecular weight is 466 g/mol. The third-order valence-corrected chi connectivity index (χ3v) is 5.92. The molecule has 3 aromatic carbocycles. The number of carbonyl (C=O) groups is 1. The predicted octanol–water partition coefficient (Wildman–Crippen LogP) is 6.24. The highest BCUT2D eigenvalue weighted by atomic mass is 32.2. The zero-order valence-electron chi connectivity index (χ0n) is 18.6. The van der Waals surface area contributed by atoms with Crippen LogP contribution in [0.3, 0.4) is 0 Å². The first kappa shape index (κ1) is 23.6. The molecular formula is C25H27N3O2S2. The Morgan fingerprint density at radius 3 is 2.34 bits per heavy atom. The number of carbonyl (C=O) groups excluding carboxylic acids is 1. The minimum absolute atomic E-state index is 0.0354. The predicted molar refractivity (Wildman–Crippen MR) is 139 cm³/mol. The van der Waals surface area contributed by atoms with Crippen molar-refractivity contribution in [3.8, 4) is 5.75 Å². The van der Waals surface area contributed by atoms with Gasteiger partial charge >= 0.3 is 0 Å². The lowest BCUT2D eigenvalue weighted by molar-refractivity contribution is -0.115. The molecule has 0 aliphatic heterocycles. The van der Waals surface area contributed by atoms with E-state index < -0.39 is 0 Å². The standard InChI is InChI=1S/C25H27N3O2S2/c1-16-12-17(2)14-20(13-16)26-24(29)18(3)32-21-9-7-8-19(15-21)27-25(31)28-22-10-5-6-11-23(22)30-4/h5-15,18H,1-4H3,(H,26,29)(H2,27,28,31). The number of benzene rings is 3. The first-order valence-electron chi connectivity index (χ1n) is 10.2. The number of thioether (sulfide) groups is 1. The van der Waals surface area contributed by atoms with E-state index in [4.69, 9.17) is 17.0 Å². The minimum Gasteiger partial charge on any atom is -0.495 e. The van der Waals surface area contributed by atoms with Crippen molar-refractivity contribution in [2.24, 2.45) is 0 Å². The van der Waals surface area contributed by atoms with Gasteiger partial charge in [-0.15, -0.1) is 11.8 Å². The number of hydrogen-bond donors (Lipinski definition) is 3. The quantitative estimate of drug-likeness (QED) is 0.284. The Bertz CT molecular complexity index is 1100. The van der Waals surface area contributed by atoms with Gasteiger partial charge in [0.1, 0.15) is 5.75 Å². The maximum atomic E-state index is 12.7. The van der Waals surface area contributed by atoms with E-state index >= 15 is 0 Å². The smallest absolute Gasteiger partial charge is 0.237 e. The van der Waals surface area contributed by atoms with Crippen molar-refractivity contribution in [2.75, 3.05) is 23.1 Å². The van der Waals surface area contributed by atoms with Crippen molar-refractivity contribution in [3.05, 3.63) is 77.9 Å². The highest BCUT2D eigenvalue weighted by Crippen LogP contribution is 2.28. The molecule has 0 radical (unpaired) electrons. The topological polar surface area (TPSA) is 62.4 Å². The molecule has 1 amide bonds. The van der Waals surface area contributed by atoms with Crippen molar-refractivity contribution < 1.29 is 9.53 Å². The van der Waals surface area contributed by atoms with E-state index in [1.165, 1.54) is 11.8 Å². The fourth-order valence-corrected chi connectivity index (χ4v) is 4.38. The normalized spacial score (nSPS) is 11.4. The van der Waals surface area contributed by atoms with Gasteiger partial charge in [-0.1, -0.05) is 24.3 Å². The summed E-state index contributed by atoms with van der Waals surface area (Å²) in [5.74, 6) is 0.677. The van der Waals surface area contributed by atoms with Gasteiger partial charge in [-0.3, -0.25) is 4.79 Å². The Kier molecular flexibility index (Phi) is 8.14. The summed E-state index contributed by atoms with van der Waals surface area (Å²) in [4.78, 5) is 13.6. The SMILES string of the molecule is COc1ccccc1NC(=S)Nc1cccc(SC(C)C(=O)Nc2cc(C)cc(C)c2)c1. The molecule has 3 aromatic rings. The Balaban J connectivity index is 1.60. The van der Waals surface area contributed by atoms with E-state index in [1.54, 1.807) is 7.11 Å². The van der Waals surface area contributed by atoms with Crippen LogP contribution in [0.15, 0.2) is 71.6 Å². The lowest BCUT2D eigenvalue weighted by atomic mass is 10.1. The van der Waals surface area contributed by atoms with Crippen molar-refractivity contribution in [1.82, 2.24) is 0 Å². The summed E-state index contributed by atoms with van der Waals surface area (Å²) in [5, 5.41) is 9.54. The molecule has 0 heterocycles. The Hall–Kier alpha value is -3.03. The molecule has 0 bridgehead atoms. The fourth-order valence-electron chi connectivity index (χ4n) is 3.23. The maximum Gasteiger partial charge on any atom is 0.237 e. The molecule has 0 aliphatic carbocycles. The van der Waals surface area contributed by atoms with Crippen LogP contribution in [0.1, 0.15) is 18.1 Å². The van der Waals surface area contributed by atoms with Crippen LogP contribution in [-0.2, 0) is 4.79 Å². The van der Waals surface area contributed by atoms with Gasteiger partial charge in [0.05, 0.1) is 18.0 Å². The maximum absolute atomic E-state index is 12.7. The van der Waals surface area contributed by atoms with Crippen LogP contribution in [0.2, 0.25) is 0 Å². The van der Waals surface area contributed by atoms with Gasteiger partial charge in [0, 0.05) is 16.3 Å². The van der Waals surface area contributed by atoms with Gasteiger partial charge < -0.3 is 20.7 Å². The van der Waals surface area contributed by atoms with Crippen molar-refractivity contribution in [3.63, 3.8) is 0 Å². The fraction of sp³-hybridized carbons (Fsp3) is 0.200. The molecule has 0 saturated carbocycles. The van der Waals surface area contributed by atoms with Crippen molar-refractivity contribution >= 4 is 52.1 Å². The Morgan fingerprint density at radius 1 is 0.906 bits per heavy atom. The van der Waals surface area contributed by atoms with Gasteiger partial charge in [0.15, 0.2) is 5.11 Å². The summed E-state index contributed by atoms with van der Waals surface area (Å²) in [6.07, 6.45) is 0. The third-order valence-electron chi connectivity index (χ3n) is 4.62. The minimum atomic E-state index is -0.260. The molecule has 0 aliphatic rings. The molecule has 0 spiro atoms. The molecule has 3 N–H and O–H groups in total.